The number of hydrogen-bond donors (Lipinski definition) is 1. The van der Waals surface area contributed by atoms with Crippen LogP contribution in [0.1, 0.15) is 29.9 Å². The number of carbonyl (C=O) groups excluding carboxylic acids is 4. The van der Waals surface area contributed by atoms with Gasteiger partial charge in [0, 0.05) is 26.5 Å². The summed E-state index contributed by atoms with van der Waals surface area (Å²) in [5, 5.41) is 11.6. The Morgan fingerprint density at radius 2 is 1.27 bits per heavy atom. The first kappa shape index (κ1) is 31.7. The number of rotatable bonds is 6. The van der Waals surface area contributed by atoms with Gasteiger partial charge in [0.1, 0.15) is 18.1 Å². The van der Waals surface area contributed by atoms with Crippen LogP contribution in [0.25, 0.3) is 0 Å². The molecule has 4 amide bonds. The minimum atomic E-state index is -0.799. The van der Waals surface area contributed by atoms with Crippen LogP contribution in [-0.4, -0.2) is 28.7 Å². The summed E-state index contributed by atoms with van der Waals surface area (Å²) >= 11 is 6.85. The monoisotopic (exact) mass is 780 g/mol. The summed E-state index contributed by atoms with van der Waals surface area (Å²) in [4.78, 5) is 59.1. The summed E-state index contributed by atoms with van der Waals surface area (Å²) in [5.74, 6) is -4.85. The topological polar surface area (TPSA) is 104 Å². The number of nitrogens with zero attached hydrogens (tertiary/aromatic N) is 2. The molecule has 6 atom stereocenters. The van der Waals surface area contributed by atoms with E-state index in [0.717, 1.165) is 20.1 Å². The lowest BCUT2D eigenvalue weighted by Crippen LogP contribution is -2.43. The maximum Gasteiger partial charge on any atom is 0.238 e. The third-order valence-corrected chi connectivity index (χ3v) is 11.5. The van der Waals surface area contributed by atoms with E-state index in [2.05, 4.69) is 31.9 Å². The minimum Gasteiger partial charge on any atom is -0.508 e. The van der Waals surface area contributed by atoms with Gasteiger partial charge in [-0.2, -0.15) is 0 Å². The SMILES string of the molecule is O=C1[C@H]2[C@H](CC=C3[C@H]2C[C@H]2C(=O)N(c4ccc(Br)cc4)C(=O)[C@H]2[C@H]3c2ccc(OCc3ccccc3)cc2O)C(=O)N1c1ccc(Br)cc1. The van der Waals surface area contributed by atoms with Crippen LogP contribution in [0.4, 0.5) is 11.4 Å². The zero-order valence-corrected chi connectivity index (χ0v) is 29.2. The Morgan fingerprint density at radius 3 is 1.88 bits per heavy atom. The summed E-state index contributed by atoms with van der Waals surface area (Å²) < 4.78 is 7.62. The van der Waals surface area contributed by atoms with Crippen LogP contribution < -0.4 is 14.5 Å². The van der Waals surface area contributed by atoms with Crippen LogP contribution in [0.2, 0.25) is 0 Å². The Balaban J connectivity index is 1.19. The maximum absolute atomic E-state index is 14.4. The molecule has 8 rings (SSSR count). The molecule has 4 aromatic carbocycles. The summed E-state index contributed by atoms with van der Waals surface area (Å²) in [6.07, 6.45) is 2.54. The molecule has 246 valence electrons. The van der Waals surface area contributed by atoms with E-state index in [1.165, 1.54) is 15.9 Å². The van der Waals surface area contributed by atoms with Crippen molar-refractivity contribution in [3.05, 3.63) is 129 Å². The van der Waals surface area contributed by atoms with E-state index in [1.807, 2.05) is 36.4 Å². The van der Waals surface area contributed by atoms with E-state index in [9.17, 15) is 24.3 Å². The smallest absolute Gasteiger partial charge is 0.238 e. The number of aromatic hydroxyl groups is 1. The zero-order valence-electron chi connectivity index (χ0n) is 26.0. The van der Waals surface area contributed by atoms with Crippen molar-refractivity contribution >= 4 is 66.9 Å². The molecule has 2 saturated heterocycles. The highest BCUT2D eigenvalue weighted by atomic mass is 79.9. The normalized spacial score (nSPS) is 26.0. The number of halogens is 2. The van der Waals surface area contributed by atoms with E-state index in [-0.39, 0.29) is 35.8 Å². The number of carbonyl (C=O) groups is 4. The van der Waals surface area contributed by atoms with Crippen LogP contribution in [0.3, 0.4) is 0 Å². The molecule has 2 aliphatic heterocycles. The number of hydrogen-bond acceptors (Lipinski definition) is 6. The van der Waals surface area contributed by atoms with Crippen LogP contribution in [-0.2, 0) is 25.8 Å². The third kappa shape index (κ3) is 5.32. The third-order valence-electron chi connectivity index (χ3n) is 10.4. The molecule has 49 heavy (non-hydrogen) atoms. The molecular formula is C39H30Br2N2O6. The zero-order chi connectivity index (χ0) is 34.0. The summed E-state index contributed by atoms with van der Waals surface area (Å²) in [7, 11) is 0. The number of imide groups is 2. The van der Waals surface area contributed by atoms with Crippen molar-refractivity contribution < 1.29 is 29.0 Å². The van der Waals surface area contributed by atoms with E-state index in [1.54, 1.807) is 60.7 Å². The van der Waals surface area contributed by atoms with Crippen molar-refractivity contribution in [3.63, 3.8) is 0 Å². The predicted octanol–water partition coefficient (Wildman–Crippen LogP) is 7.54. The molecule has 3 fully saturated rings. The van der Waals surface area contributed by atoms with Gasteiger partial charge in [0.15, 0.2) is 0 Å². The highest BCUT2D eigenvalue weighted by Gasteiger charge is 2.62. The lowest BCUT2D eigenvalue weighted by molar-refractivity contribution is -0.126. The number of phenolic OH excluding ortho intramolecular Hbond substituents is 1. The molecule has 0 aromatic heterocycles. The average Bonchev–Trinajstić information content (AvgIpc) is 3.51. The number of fused-ring (bicyclic) bond motifs is 4. The van der Waals surface area contributed by atoms with Gasteiger partial charge >= 0.3 is 0 Å². The number of amides is 4. The number of allylic oxidation sites excluding steroid dienone is 2. The summed E-state index contributed by atoms with van der Waals surface area (Å²) in [5.41, 5.74) is 3.23. The fraction of sp³-hybridized carbons (Fsp3) is 0.231. The Hall–Kier alpha value is -4.54. The van der Waals surface area contributed by atoms with Crippen molar-refractivity contribution in [2.75, 3.05) is 9.80 Å². The van der Waals surface area contributed by atoms with Crippen LogP contribution >= 0.6 is 31.9 Å². The van der Waals surface area contributed by atoms with Gasteiger partial charge < -0.3 is 9.84 Å². The standard InChI is InChI=1S/C39H30Br2N2O6/c40-22-6-10-24(11-7-22)42-36(45)29-17-16-27-30(34(29)38(42)47)19-31-35(39(48)43(37(31)46)25-12-8-23(41)9-13-25)33(27)28-15-14-26(18-32(28)44)49-20-21-4-2-1-3-5-21/h1-16,18,29-31,33-35,44H,17,19-20H2/t29-,30+,31+,33+,34-,35+/m0/s1. The molecule has 1 N–H and O–H groups in total. The Kier molecular flexibility index (Phi) is 8.03. The highest BCUT2D eigenvalue weighted by Crippen LogP contribution is 2.59. The summed E-state index contributed by atoms with van der Waals surface area (Å²) in [6, 6.07) is 28.8. The maximum atomic E-state index is 14.4. The van der Waals surface area contributed by atoms with E-state index in [0.29, 0.717) is 35.7 Å². The van der Waals surface area contributed by atoms with Crippen molar-refractivity contribution in [3.8, 4) is 11.5 Å². The van der Waals surface area contributed by atoms with Gasteiger partial charge in [-0.3, -0.25) is 29.0 Å². The van der Waals surface area contributed by atoms with Crippen molar-refractivity contribution in [1.82, 2.24) is 0 Å². The van der Waals surface area contributed by atoms with Crippen molar-refractivity contribution in [1.29, 1.82) is 0 Å². The quantitative estimate of drug-likeness (QED) is 0.160. The molecule has 8 nitrogen and oxygen atoms in total. The molecule has 2 heterocycles. The molecule has 0 unspecified atom stereocenters. The van der Waals surface area contributed by atoms with Gasteiger partial charge in [-0.15, -0.1) is 0 Å². The minimum absolute atomic E-state index is 0.0642. The molecule has 4 aliphatic rings. The molecule has 4 aromatic rings. The van der Waals surface area contributed by atoms with E-state index < -0.39 is 35.5 Å². The Morgan fingerprint density at radius 1 is 0.673 bits per heavy atom. The van der Waals surface area contributed by atoms with E-state index >= 15 is 0 Å². The first-order valence-corrected chi connectivity index (χ1v) is 17.8. The molecule has 0 bridgehead atoms. The van der Waals surface area contributed by atoms with Gasteiger partial charge in [0.05, 0.1) is 35.0 Å². The lowest BCUT2D eigenvalue weighted by atomic mass is 9.57. The number of phenols is 1. The highest BCUT2D eigenvalue weighted by molar-refractivity contribution is 9.10. The van der Waals surface area contributed by atoms with Crippen molar-refractivity contribution in [2.24, 2.45) is 29.6 Å². The second-order valence-corrected chi connectivity index (χ2v) is 14.8. The van der Waals surface area contributed by atoms with Gasteiger partial charge in [-0.25, -0.2) is 0 Å². The van der Waals surface area contributed by atoms with Gasteiger partial charge in [0.2, 0.25) is 23.6 Å². The van der Waals surface area contributed by atoms with Crippen LogP contribution in [0.5, 0.6) is 11.5 Å². The van der Waals surface area contributed by atoms with Gasteiger partial charge in [0.25, 0.3) is 0 Å². The van der Waals surface area contributed by atoms with Crippen LogP contribution in [0, 0.1) is 29.6 Å². The van der Waals surface area contributed by atoms with Crippen molar-refractivity contribution in [2.45, 2.75) is 25.4 Å². The Bertz CT molecular complexity index is 2030. The number of benzene rings is 4. The summed E-state index contributed by atoms with van der Waals surface area (Å²) in [6.45, 7) is 0.310. The molecule has 2 aliphatic carbocycles. The van der Waals surface area contributed by atoms with Gasteiger partial charge in [-0.1, -0.05) is 79.9 Å². The second kappa shape index (κ2) is 12.4. The first-order valence-electron chi connectivity index (χ1n) is 16.2. The molecule has 0 radical (unpaired) electrons. The predicted molar refractivity (Wildman–Crippen MR) is 190 cm³/mol. The number of ether oxygens (including phenoxy) is 1. The fourth-order valence-corrected chi connectivity index (χ4v) is 8.77. The molecule has 10 heteroatoms. The van der Waals surface area contributed by atoms with Gasteiger partial charge in [-0.05, 0) is 78.9 Å². The number of anilines is 2. The average molecular weight is 782 g/mol. The fourth-order valence-electron chi connectivity index (χ4n) is 8.24. The largest absolute Gasteiger partial charge is 0.508 e. The molecule has 0 spiro atoms. The lowest BCUT2D eigenvalue weighted by Gasteiger charge is -2.44. The Labute approximate surface area is 299 Å². The molecule has 1 saturated carbocycles. The van der Waals surface area contributed by atoms with Crippen LogP contribution in [0.15, 0.2) is 118 Å². The van der Waals surface area contributed by atoms with E-state index in [4.69, 9.17) is 4.74 Å². The first-order chi connectivity index (χ1) is 23.7. The second-order valence-electron chi connectivity index (χ2n) is 13.0. The molecular weight excluding hydrogens is 752 g/mol.